The van der Waals surface area contributed by atoms with Crippen LogP contribution >= 0.6 is 12.2 Å². The number of methoxy groups -OCH3 is 1. The van der Waals surface area contributed by atoms with Crippen molar-refractivity contribution in [1.29, 1.82) is 0 Å². The number of hydrogen-bond acceptors (Lipinski definition) is 4. The molecule has 0 saturated carbocycles. The number of H-pyrrole nitrogens is 1. The fourth-order valence-electron chi connectivity index (χ4n) is 3.00. The first-order valence-corrected chi connectivity index (χ1v) is 9.37. The predicted molar refractivity (Wildman–Crippen MR) is 111 cm³/mol. The Hall–Kier alpha value is -2.60. The molecule has 0 aliphatic rings. The van der Waals surface area contributed by atoms with Gasteiger partial charge in [0.2, 0.25) is 0 Å². The van der Waals surface area contributed by atoms with Crippen molar-refractivity contribution in [3.05, 3.63) is 63.2 Å². The average Bonchev–Trinajstić information content (AvgIpc) is 2.66. The summed E-state index contributed by atoms with van der Waals surface area (Å²) in [5.74, 6) is 1.75. The van der Waals surface area contributed by atoms with Crippen molar-refractivity contribution < 1.29 is 9.47 Å². The smallest absolute Gasteiger partial charge is 0.262 e. The van der Waals surface area contributed by atoms with Gasteiger partial charge in [-0.3, -0.25) is 9.36 Å². The molecule has 0 aliphatic carbocycles. The van der Waals surface area contributed by atoms with Gasteiger partial charge in [0.15, 0.2) is 16.3 Å². The molecule has 0 bridgehead atoms. The van der Waals surface area contributed by atoms with E-state index in [2.05, 4.69) is 18.8 Å². The maximum absolute atomic E-state index is 13.0. The van der Waals surface area contributed by atoms with E-state index in [-0.39, 0.29) is 11.6 Å². The first-order chi connectivity index (χ1) is 12.9. The first-order valence-electron chi connectivity index (χ1n) is 8.96. The predicted octanol–water partition coefficient (Wildman–Crippen LogP) is 4.71. The summed E-state index contributed by atoms with van der Waals surface area (Å²) in [7, 11) is 1.61. The minimum absolute atomic E-state index is 0.110. The molecule has 3 aromatic rings. The Morgan fingerprint density at radius 2 is 1.85 bits per heavy atom. The molecule has 3 rings (SSSR count). The zero-order chi connectivity index (χ0) is 19.6. The van der Waals surface area contributed by atoms with E-state index in [9.17, 15) is 4.79 Å². The SMILES string of the molecule is COc1cc([C@H](C)n2c(=S)[nH]c3ccccc3c2=O)ccc1OCC(C)C. The van der Waals surface area contributed by atoms with Gasteiger partial charge in [0, 0.05) is 0 Å². The van der Waals surface area contributed by atoms with Crippen LogP contribution in [0.25, 0.3) is 10.9 Å². The number of fused-ring (bicyclic) bond motifs is 1. The Morgan fingerprint density at radius 3 is 2.56 bits per heavy atom. The topological polar surface area (TPSA) is 56.2 Å². The fourth-order valence-corrected chi connectivity index (χ4v) is 3.35. The average molecular weight is 385 g/mol. The summed E-state index contributed by atoms with van der Waals surface area (Å²) >= 11 is 5.45. The summed E-state index contributed by atoms with van der Waals surface area (Å²) < 4.78 is 13.3. The molecule has 0 radical (unpaired) electrons. The van der Waals surface area contributed by atoms with Gasteiger partial charge in [-0.15, -0.1) is 0 Å². The normalized spacial score (nSPS) is 12.3. The zero-order valence-corrected chi connectivity index (χ0v) is 16.8. The van der Waals surface area contributed by atoms with Crippen molar-refractivity contribution in [2.45, 2.75) is 26.8 Å². The third-order valence-electron chi connectivity index (χ3n) is 4.47. The number of rotatable bonds is 6. The van der Waals surface area contributed by atoms with Gasteiger partial charge in [-0.1, -0.05) is 32.0 Å². The van der Waals surface area contributed by atoms with Crippen molar-refractivity contribution in [3.63, 3.8) is 0 Å². The van der Waals surface area contributed by atoms with Gasteiger partial charge in [0.05, 0.1) is 30.7 Å². The second-order valence-electron chi connectivity index (χ2n) is 6.94. The minimum atomic E-state index is -0.251. The van der Waals surface area contributed by atoms with E-state index in [0.29, 0.717) is 34.2 Å². The zero-order valence-electron chi connectivity index (χ0n) is 16.0. The van der Waals surface area contributed by atoms with E-state index in [1.807, 2.05) is 43.3 Å². The standard InChI is InChI=1S/C21H24N2O3S/c1-13(2)12-26-18-10-9-15(11-19(18)25-4)14(3)23-20(24)16-7-5-6-8-17(16)22-21(23)27/h5-11,13-14H,12H2,1-4H3,(H,22,27)/t14-/m0/s1. The van der Waals surface area contributed by atoms with Crippen molar-refractivity contribution in [2.24, 2.45) is 5.92 Å². The summed E-state index contributed by atoms with van der Waals surface area (Å²) in [6.45, 7) is 6.75. The van der Waals surface area contributed by atoms with Crippen LogP contribution in [0.5, 0.6) is 11.5 Å². The molecule has 1 N–H and O–H groups in total. The van der Waals surface area contributed by atoms with Crippen LogP contribution in [0, 0.1) is 10.7 Å². The number of nitrogens with one attached hydrogen (secondary N) is 1. The van der Waals surface area contributed by atoms with Gasteiger partial charge in [0.1, 0.15) is 0 Å². The summed E-state index contributed by atoms with van der Waals surface area (Å²) in [5.41, 5.74) is 1.55. The van der Waals surface area contributed by atoms with Crippen LogP contribution in [0.3, 0.4) is 0 Å². The lowest BCUT2D eigenvalue weighted by molar-refractivity contribution is 0.256. The number of nitrogens with zero attached hydrogens (tertiary/aromatic N) is 1. The molecule has 1 aromatic heterocycles. The van der Waals surface area contributed by atoms with Crippen molar-refractivity contribution in [1.82, 2.24) is 9.55 Å². The highest BCUT2D eigenvalue weighted by molar-refractivity contribution is 7.71. The molecular weight excluding hydrogens is 360 g/mol. The molecule has 2 aromatic carbocycles. The van der Waals surface area contributed by atoms with Crippen LogP contribution in [-0.2, 0) is 0 Å². The summed E-state index contributed by atoms with van der Waals surface area (Å²) in [6.07, 6.45) is 0. The van der Waals surface area contributed by atoms with Gasteiger partial charge in [-0.25, -0.2) is 0 Å². The molecule has 0 aliphatic heterocycles. The summed E-state index contributed by atoms with van der Waals surface area (Å²) in [5, 5.41) is 0.613. The second-order valence-corrected chi connectivity index (χ2v) is 7.33. The number of benzene rings is 2. The van der Waals surface area contributed by atoms with Crippen LogP contribution < -0.4 is 15.0 Å². The van der Waals surface area contributed by atoms with E-state index in [1.54, 1.807) is 17.7 Å². The van der Waals surface area contributed by atoms with Crippen molar-refractivity contribution >= 4 is 23.1 Å². The van der Waals surface area contributed by atoms with Gasteiger partial charge in [0.25, 0.3) is 5.56 Å². The van der Waals surface area contributed by atoms with Crippen LogP contribution in [0.2, 0.25) is 0 Å². The van der Waals surface area contributed by atoms with E-state index in [1.165, 1.54) is 0 Å². The Kier molecular flexibility index (Phi) is 5.65. The van der Waals surface area contributed by atoms with Crippen molar-refractivity contribution in [2.75, 3.05) is 13.7 Å². The van der Waals surface area contributed by atoms with Crippen molar-refractivity contribution in [3.8, 4) is 11.5 Å². The van der Waals surface area contributed by atoms with Gasteiger partial charge in [-0.05, 0) is 54.9 Å². The molecule has 27 heavy (non-hydrogen) atoms. The third-order valence-corrected chi connectivity index (χ3v) is 4.76. The highest BCUT2D eigenvalue weighted by atomic mass is 32.1. The molecule has 0 unspecified atom stereocenters. The fraction of sp³-hybridized carbons (Fsp3) is 0.333. The number of aromatic amines is 1. The molecule has 1 atom stereocenters. The molecule has 142 valence electrons. The van der Waals surface area contributed by atoms with Gasteiger partial charge < -0.3 is 14.5 Å². The quantitative estimate of drug-likeness (QED) is 0.625. The lowest BCUT2D eigenvalue weighted by Gasteiger charge is -2.19. The molecule has 0 amide bonds. The van der Waals surface area contributed by atoms with Crippen LogP contribution in [0.1, 0.15) is 32.4 Å². The summed E-state index contributed by atoms with van der Waals surface area (Å²) in [4.78, 5) is 16.1. The molecule has 0 spiro atoms. The minimum Gasteiger partial charge on any atom is -0.493 e. The van der Waals surface area contributed by atoms with Crippen LogP contribution in [0.15, 0.2) is 47.3 Å². The molecule has 0 saturated heterocycles. The number of hydrogen-bond donors (Lipinski definition) is 1. The van der Waals surface area contributed by atoms with Crippen LogP contribution in [0.4, 0.5) is 0 Å². The Bertz CT molecular complexity index is 1070. The third kappa shape index (κ3) is 3.90. The van der Waals surface area contributed by atoms with E-state index < -0.39 is 0 Å². The number of para-hydroxylation sites is 1. The Morgan fingerprint density at radius 1 is 1.11 bits per heavy atom. The molecule has 5 nitrogen and oxygen atoms in total. The first kappa shape index (κ1) is 19.2. The number of ether oxygens (including phenoxy) is 2. The maximum Gasteiger partial charge on any atom is 0.262 e. The number of aromatic nitrogens is 2. The van der Waals surface area contributed by atoms with E-state index in [0.717, 1.165) is 11.1 Å². The monoisotopic (exact) mass is 384 g/mol. The molecule has 0 fully saturated rings. The van der Waals surface area contributed by atoms with E-state index >= 15 is 0 Å². The van der Waals surface area contributed by atoms with Crippen LogP contribution in [-0.4, -0.2) is 23.3 Å². The highest BCUT2D eigenvalue weighted by Gasteiger charge is 2.16. The molecular formula is C21H24N2O3S. The van der Waals surface area contributed by atoms with E-state index in [4.69, 9.17) is 21.7 Å². The lowest BCUT2D eigenvalue weighted by Crippen LogP contribution is -2.25. The van der Waals surface area contributed by atoms with Gasteiger partial charge >= 0.3 is 0 Å². The Labute approximate surface area is 163 Å². The summed E-state index contributed by atoms with van der Waals surface area (Å²) in [6, 6.07) is 12.9. The largest absolute Gasteiger partial charge is 0.493 e. The lowest BCUT2D eigenvalue weighted by atomic mass is 10.1. The molecule has 1 heterocycles. The molecule has 6 heteroatoms. The Balaban J connectivity index is 2.03. The van der Waals surface area contributed by atoms with Gasteiger partial charge in [-0.2, -0.15) is 0 Å². The second kappa shape index (κ2) is 7.96. The maximum atomic E-state index is 13.0. The highest BCUT2D eigenvalue weighted by Crippen LogP contribution is 2.31.